The van der Waals surface area contributed by atoms with Gasteiger partial charge >= 0.3 is 5.97 Å². The number of methoxy groups -OCH3 is 1. The van der Waals surface area contributed by atoms with Gasteiger partial charge < -0.3 is 9.84 Å². The van der Waals surface area contributed by atoms with Crippen LogP contribution in [0.4, 0.5) is 8.78 Å². The number of carboxylic acids is 1. The lowest BCUT2D eigenvalue weighted by atomic mass is 9.62. The van der Waals surface area contributed by atoms with Gasteiger partial charge in [-0.05, 0) is 18.9 Å². The van der Waals surface area contributed by atoms with E-state index in [2.05, 4.69) is 0 Å². The molecular weight excluding hydrogens is 254 g/mol. The minimum Gasteiger partial charge on any atom is -0.496 e. The number of hydrogen-bond donors (Lipinski definition) is 1. The molecule has 0 bridgehead atoms. The van der Waals surface area contributed by atoms with Gasteiger partial charge in [-0.3, -0.25) is 4.79 Å². The Bertz CT molecular complexity index is 502. The van der Waals surface area contributed by atoms with Crippen LogP contribution in [0.25, 0.3) is 0 Å². The van der Waals surface area contributed by atoms with Crippen molar-refractivity contribution in [3.8, 4) is 5.75 Å². The molecule has 1 saturated carbocycles. The maximum atomic E-state index is 13.7. The quantitative estimate of drug-likeness (QED) is 0.913. The van der Waals surface area contributed by atoms with E-state index in [0.717, 1.165) is 13.3 Å². The molecule has 1 aliphatic rings. The van der Waals surface area contributed by atoms with E-state index in [4.69, 9.17) is 4.74 Å². The number of carboxylic acid groups (broad SMARTS) is 1. The summed E-state index contributed by atoms with van der Waals surface area (Å²) >= 11 is 0. The van der Waals surface area contributed by atoms with Crippen molar-refractivity contribution in [2.24, 2.45) is 0 Å². The van der Waals surface area contributed by atoms with Crippen LogP contribution in [0, 0.1) is 0 Å². The highest BCUT2D eigenvalue weighted by Gasteiger charge is 2.51. The van der Waals surface area contributed by atoms with Gasteiger partial charge in [0.1, 0.15) is 5.75 Å². The van der Waals surface area contributed by atoms with Crippen molar-refractivity contribution in [2.45, 2.75) is 37.5 Å². The van der Waals surface area contributed by atoms with E-state index < -0.39 is 17.3 Å². The summed E-state index contributed by atoms with van der Waals surface area (Å²) in [6.45, 7) is 0.777. The first-order valence-electron chi connectivity index (χ1n) is 6.12. The number of halogens is 2. The molecule has 19 heavy (non-hydrogen) atoms. The summed E-state index contributed by atoms with van der Waals surface area (Å²) in [4.78, 5) is 11.6. The maximum absolute atomic E-state index is 13.7. The Balaban J connectivity index is 2.69. The minimum atomic E-state index is -3.10. The fourth-order valence-corrected chi connectivity index (χ4v) is 2.66. The van der Waals surface area contributed by atoms with Gasteiger partial charge in [-0.1, -0.05) is 18.6 Å². The third-order valence-electron chi connectivity index (χ3n) is 3.81. The van der Waals surface area contributed by atoms with E-state index in [0.29, 0.717) is 12.8 Å². The Morgan fingerprint density at radius 3 is 2.42 bits per heavy atom. The summed E-state index contributed by atoms with van der Waals surface area (Å²) in [6.07, 6.45) is 1.46. The van der Waals surface area contributed by atoms with Crippen molar-refractivity contribution < 1.29 is 23.4 Å². The van der Waals surface area contributed by atoms with Crippen molar-refractivity contribution >= 4 is 5.97 Å². The van der Waals surface area contributed by atoms with Crippen LogP contribution >= 0.6 is 0 Å². The first kappa shape index (κ1) is 13.8. The summed E-state index contributed by atoms with van der Waals surface area (Å²) in [5, 5.41) is 9.45. The Morgan fingerprint density at radius 1 is 1.42 bits per heavy atom. The lowest BCUT2D eigenvalue weighted by Gasteiger charge is -2.40. The molecule has 1 aliphatic carbocycles. The molecule has 5 heteroatoms. The highest BCUT2D eigenvalue weighted by Crippen LogP contribution is 2.51. The Labute approximate surface area is 110 Å². The van der Waals surface area contributed by atoms with Crippen LogP contribution in [-0.2, 0) is 16.1 Å². The second-order valence-corrected chi connectivity index (χ2v) is 5.01. The molecule has 1 fully saturated rings. The van der Waals surface area contributed by atoms with Gasteiger partial charge in [-0.25, -0.2) is 8.78 Å². The molecule has 0 saturated heterocycles. The normalized spacial score (nSPS) is 17.7. The standard InChI is InChI=1S/C14H16F2O3/c1-13(15,16)9-5-3-6-10(19-2)11(9)14(12(17)18)7-4-8-14/h3,5-6H,4,7-8H2,1-2H3,(H,17,18). The molecule has 0 heterocycles. The zero-order valence-electron chi connectivity index (χ0n) is 10.9. The maximum Gasteiger partial charge on any atom is 0.314 e. The van der Waals surface area contributed by atoms with Gasteiger partial charge in [-0.2, -0.15) is 0 Å². The number of benzene rings is 1. The Kier molecular flexibility index (Phi) is 3.24. The number of aliphatic carboxylic acids is 1. The summed E-state index contributed by atoms with van der Waals surface area (Å²) in [7, 11) is 1.37. The summed E-state index contributed by atoms with van der Waals surface area (Å²) in [5.74, 6) is -3.93. The molecule has 1 aromatic rings. The molecule has 0 amide bonds. The van der Waals surface area contributed by atoms with Crippen molar-refractivity contribution in [3.05, 3.63) is 29.3 Å². The van der Waals surface area contributed by atoms with Gasteiger partial charge in [0.2, 0.25) is 0 Å². The predicted molar refractivity (Wildman–Crippen MR) is 65.7 cm³/mol. The molecule has 0 unspecified atom stereocenters. The second kappa shape index (κ2) is 4.47. The smallest absolute Gasteiger partial charge is 0.314 e. The number of alkyl halides is 2. The average molecular weight is 270 g/mol. The van der Waals surface area contributed by atoms with E-state index in [1.54, 1.807) is 0 Å². The summed E-state index contributed by atoms with van der Waals surface area (Å²) in [5.41, 5.74) is -1.36. The largest absolute Gasteiger partial charge is 0.496 e. The van der Waals surface area contributed by atoms with Gasteiger partial charge in [0.15, 0.2) is 0 Å². The Hall–Kier alpha value is -1.65. The number of hydrogen-bond acceptors (Lipinski definition) is 2. The lowest BCUT2D eigenvalue weighted by Crippen LogP contribution is -2.44. The molecule has 0 radical (unpaired) electrons. The van der Waals surface area contributed by atoms with Gasteiger partial charge in [0, 0.05) is 18.1 Å². The molecule has 0 atom stereocenters. The minimum absolute atomic E-state index is 0.128. The van der Waals surface area contributed by atoms with E-state index >= 15 is 0 Å². The Morgan fingerprint density at radius 2 is 2.05 bits per heavy atom. The van der Waals surface area contributed by atoms with Crippen LogP contribution in [0.15, 0.2) is 18.2 Å². The molecule has 2 rings (SSSR count). The van der Waals surface area contributed by atoms with Gasteiger partial charge in [-0.15, -0.1) is 0 Å². The van der Waals surface area contributed by atoms with Crippen LogP contribution in [0.1, 0.15) is 37.3 Å². The summed E-state index contributed by atoms with van der Waals surface area (Å²) in [6, 6.07) is 4.28. The third kappa shape index (κ3) is 2.07. The first-order valence-corrected chi connectivity index (χ1v) is 6.12. The van der Waals surface area contributed by atoms with Crippen LogP contribution < -0.4 is 4.74 Å². The average Bonchev–Trinajstić information content (AvgIpc) is 2.25. The lowest BCUT2D eigenvalue weighted by molar-refractivity contribution is -0.147. The molecule has 0 spiro atoms. The number of carbonyl (C=O) groups is 1. The highest BCUT2D eigenvalue weighted by molar-refractivity contribution is 5.84. The zero-order valence-corrected chi connectivity index (χ0v) is 10.9. The van der Waals surface area contributed by atoms with Gasteiger partial charge in [0.25, 0.3) is 5.92 Å². The summed E-state index contributed by atoms with van der Waals surface area (Å²) < 4.78 is 32.6. The van der Waals surface area contributed by atoms with E-state index in [9.17, 15) is 18.7 Å². The third-order valence-corrected chi connectivity index (χ3v) is 3.81. The topological polar surface area (TPSA) is 46.5 Å². The molecule has 104 valence electrons. The number of ether oxygens (including phenoxy) is 1. The van der Waals surface area contributed by atoms with E-state index in [1.165, 1.54) is 25.3 Å². The van der Waals surface area contributed by atoms with Crippen LogP contribution in [-0.4, -0.2) is 18.2 Å². The molecule has 1 aromatic carbocycles. The molecule has 0 aromatic heterocycles. The van der Waals surface area contributed by atoms with Crippen LogP contribution in [0.5, 0.6) is 5.75 Å². The monoisotopic (exact) mass is 270 g/mol. The van der Waals surface area contributed by atoms with Crippen molar-refractivity contribution in [2.75, 3.05) is 7.11 Å². The van der Waals surface area contributed by atoms with E-state index in [-0.39, 0.29) is 16.9 Å². The molecule has 3 nitrogen and oxygen atoms in total. The number of rotatable bonds is 4. The van der Waals surface area contributed by atoms with Crippen molar-refractivity contribution in [1.29, 1.82) is 0 Å². The van der Waals surface area contributed by atoms with Crippen molar-refractivity contribution in [1.82, 2.24) is 0 Å². The second-order valence-electron chi connectivity index (χ2n) is 5.01. The zero-order chi connectivity index (χ0) is 14.3. The predicted octanol–water partition coefficient (Wildman–Crippen LogP) is 3.31. The fraction of sp³-hybridized carbons (Fsp3) is 0.500. The van der Waals surface area contributed by atoms with Crippen LogP contribution in [0.3, 0.4) is 0 Å². The molecular formula is C14H16F2O3. The fourth-order valence-electron chi connectivity index (χ4n) is 2.66. The van der Waals surface area contributed by atoms with Crippen LogP contribution in [0.2, 0.25) is 0 Å². The van der Waals surface area contributed by atoms with Crippen molar-refractivity contribution in [3.63, 3.8) is 0 Å². The first-order chi connectivity index (χ1) is 8.83. The molecule has 0 aliphatic heterocycles. The highest BCUT2D eigenvalue weighted by atomic mass is 19.3. The SMILES string of the molecule is COc1cccc(C(C)(F)F)c1C1(C(=O)O)CCC1. The van der Waals surface area contributed by atoms with Gasteiger partial charge in [0.05, 0.1) is 12.5 Å². The van der Waals surface area contributed by atoms with E-state index in [1.807, 2.05) is 0 Å². The molecule has 1 N–H and O–H groups in total.